The highest BCUT2D eigenvalue weighted by molar-refractivity contribution is 6.32. The molecule has 1 N–H and O–H groups in total. The van der Waals surface area contributed by atoms with Crippen molar-refractivity contribution in [1.82, 2.24) is 0 Å². The molecule has 0 aromatic heterocycles. The van der Waals surface area contributed by atoms with E-state index in [9.17, 15) is 0 Å². The molecule has 1 aliphatic rings. The lowest BCUT2D eigenvalue weighted by Gasteiger charge is -2.13. The average Bonchev–Trinajstić information content (AvgIpc) is 2.60. The summed E-state index contributed by atoms with van der Waals surface area (Å²) in [6, 6.07) is 14.7. The van der Waals surface area contributed by atoms with Crippen LogP contribution < -0.4 is 5.32 Å². The van der Waals surface area contributed by atoms with Crippen molar-refractivity contribution >= 4 is 28.4 Å². The minimum atomic E-state index is 0.831. The number of allylic oxidation sites excluding steroid dienone is 1. The predicted molar refractivity (Wildman–Crippen MR) is 88.2 cm³/mol. The van der Waals surface area contributed by atoms with Gasteiger partial charge in [0.1, 0.15) is 0 Å². The number of aryl methyl sites for hydroxylation is 1. The molecular weight excluding hydrogens is 266 g/mol. The first-order chi connectivity index (χ1) is 9.66. The Kier molecular flexibility index (Phi) is 3.54. The first-order valence-electron chi connectivity index (χ1n) is 6.96. The van der Waals surface area contributed by atoms with Gasteiger partial charge in [-0.05, 0) is 55.2 Å². The SMILES string of the molecule is CC1=C(c2ccccc2Cl)CCNc2ccc(C)cc21. The fourth-order valence-electron chi connectivity index (χ4n) is 2.84. The normalized spacial score (nSPS) is 14.6. The molecule has 3 rings (SSSR count). The Morgan fingerprint density at radius 1 is 1.00 bits per heavy atom. The molecule has 0 fully saturated rings. The summed E-state index contributed by atoms with van der Waals surface area (Å²) in [6.07, 6.45) is 0.989. The van der Waals surface area contributed by atoms with Gasteiger partial charge in [-0.2, -0.15) is 0 Å². The molecule has 102 valence electrons. The summed E-state index contributed by atoms with van der Waals surface area (Å²) in [4.78, 5) is 0. The summed E-state index contributed by atoms with van der Waals surface area (Å²) in [5.41, 5.74) is 7.61. The maximum atomic E-state index is 6.38. The summed E-state index contributed by atoms with van der Waals surface area (Å²) in [6.45, 7) is 5.27. The van der Waals surface area contributed by atoms with Crippen LogP contribution in [0.5, 0.6) is 0 Å². The van der Waals surface area contributed by atoms with Gasteiger partial charge in [0.05, 0.1) is 0 Å². The van der Waals surface area contributed by atoms with Crippen LogP contribution >= 0.6 is 11.6 Å². The molecule has 1 nitrogen and oxygen atoms in total. The second-order valence-electron chi connectivity index (χ2n) is 5.31. The molecule has 0 unspecified atom stereocenters. The van der Waals surface area contributed by atoms with Gasteiger partial charge in [0, 0.05) is 22.8 Å². The van der Waals surface area contributed by atoms with Crippen molar-refractivity contribution in [2.24, 2.45) is 0 Å². The van der Waals surface area contributed by atoms with Gasteiger partial charge in [-0.3, -0.25) is 0 Å². The van der Waals surface area contributed by atoms with Gasteiger partial charge in [-0.25, -0.2) is 0 Å². The van der Waals surface area contributed by atoms with Crippen molar-refractivity contribution in [3.8, 4) is 0 Å². The second kappa shape index (κ2) is 5.34. The predicted octanol–water partition coefficient (Wildman–Crippen LogP) is 5.39. The Balaban J connectivity index is 2.20. The third-order valence-corrected chi connectivity index (χ3v) is 4.25. The van der Waals surface area contributed by atoms with Gasteiger partial charge in [-0.1, -0.05) is 41.4 Å². The number of anilines is 1. The largest absolute Gasteiger partial charge is 0.384 e. The molecule has 0 saturated carbocycles. The Bertz CT molecular complexity index is 686. The van der Waals surface area contributed by atoms with E-state index >= 15 is 0 Å². The first-order valence-corrected chi connectivity index (χ1v) is 7.34. The molecule has 2 aromatic carbocycles. The van der Waals surface area contributed by atoms with E-state index in [1.807, 2.05) is 12.1 Å². The van der Waals surface area contributed by atoms with Crippen molar-refractivity contribution in [3.63, 3.8) is 0 Å². The van der Waals surface area contributed by atoms with E-state index in [1.54, 1.807) is 0 Å². The van der Waals surface area contributed by atoms with Crippen molar-refractivity contribution in [2.75, 3.05) is 11.9 Å². The Labute approximate surface area is 125 Å². The summed E-state index contributed by atoms with van der Waals surface area (Å²) >= 11 is 6.38. The topological polar surface area (TPSA) is 12.0 Å². The highest BCUT2D eigenvalue weighted by atomic mass is 35.5. The lowest BCUT2D eigenvalue weighted by atomic mass is 9.93. The molecular formula is C18H18ClN. The second-order valence-corrected chi connectivity index (χ2v) is 5.72. The minimum absolute atomic E-state index is 0.831. The van der Waals surface area contributed by atoms with Crippen LogP contribution in [0, 0.1) is 6.92 Å². The van der Waals surface area contributed by atoms with Gasteiger partial charge in [0.2, 0.25) is 0 Å². The van der Waals surface area contributed by atoms with Crippen LogP contribution in [0.3, 0.4) is 0 Å². The zero-order valence-corrected chi connectivity index (χ0v) is 12.6. The van der Waals surface area contributed by atoms with Gasteiger partial charge in [0.15, 0.2) is 0 Å². The maximum Gasteiger partial charge on any atom is 0.0481 e. The zero-order valence-electron chi connectivity index (χ0n) is 11.8. The Hall–Kier alpha value is -1.73. The summed E-state index contributed by atoms with van der Waals surface area (Å²) in [5.74, 6) is 0. The van der Waals surface area contributed by atoms with E-state index < -0.39 is 0 Å². The maximum absolute atomic E-state index is 6.38. The monoisotopic (exact) mass is 283 g/mol. The standard InChI is InChI=1S/C18H18ClN/c1-12-7-8-18-16(11-12)13(2)14(9-10-20-18)15-5-3-4-6-17(15)19/h3-8,11,20H,9-10H2,1-2H3. The van der Waals surface area contributed by atoms with Gasteiger partial charge < -0.3 is 5.32 Å². The van der Waals surface area contributed by atoms with Gasteiger partial charge in [-0.15, -0.1) is 0 Å². The Morgan fingerprint density at radius 3 is 2.60 bits per heavy atom. The van der Waals surface area contributed by atoms with E-state index in [-0.39, 0.29) is 0 Å². The smallest absolute Gasteiger partial charge is 0.0481 e. The lowest BCUT2D eigenvalue weighted by Crippen LogP contribution is -2.00. The number of fused-ring (bicyclic) bond motifs is 1. The van der Waals surface area contributed by atoms with Crippen LogP contribution in [0.1, 0.15) is 30.0 Å². The number of benzene rings is 2. The molecule has 0 aliphatic carbocycles. The van der Waals surface area contributed by atoms with E-state index in [4.69, 9.17) is 11.6 Å². The molecule has 0 spiro atoms. The fraction of sp³-hybridized carbons (Fsp3) is 0.222. The van der Waals surface area contributed by atoms with Crippen molar-refractivity contribution in [1.29, 1.82) is 0 Å². The molecule has 2 heteroatoms. The summed E-state index contributed by atoms with van der Waals surface area (Å²) in [5, 5.41) is 4.35. The van der Waals surface area contributed by atoms with Crippen LogP contribution in [0.25, 0.3) is 11.1 Å². The number of nitrogens with one attached hydrogen (secondary N) is 1. The number of halogens is 1. The summed E-state index contributed by atoms with van der Waals surface area (Å²) < 4.78 is 0. The van der Waals surface area contributed by atoms with Crippen molar-refractivity contribution in [2.45, 2.75) is 20.3 Å². The Morgan fingerprint density at radius 2 is 1.80 bits per heavy atom. The van der Waals surface area contributed by atoms with Crippen LogP contribution in [0.4, 0.5) is 5.69 Å². The van der Waals surface area contributed by atoms with Crippen LogP contribution in [0.15, 0.2) is 42.5 Å². The van der Waals surface area contributed by atoms with E-state index in [0.29, 0.717) is 0 Å². The number of hydrogen-bond donors (Lipinski definition) is 1. The van der Waals surface area contributed by atoms with Crippen LogP contribution in [-0.2, 0) is 0 Å². The molecule has 0 bridgehead atoms. The molecule has 0 amide bonds. The molecule has 0 saturated heterocycles. The number of rotatable bonds is 1. The van der Waals surface area contributed by atoms with E-state index in [0.717, 1.165) is 23.6 Å². The van der Waals surface area contributed by atoms with E-state index in [2.05, 4.69) is 49.5 Å². The third-order valence-electron chi connectivity index (χ3n) is 3.92. The van der Waals surface area contributed by atoms with Gasteiger partial charge in [0.25, 0.3) is 0 Å². The highest BCUT2D eigenvalue weighted by Crippen LogP contribution is 2.37. The lowest BCUT2D eigenvalue weighted by molar-refractivity contribution is 1.09. The quantitative estimate of drug-likeness (QED) is 0.739. The van der Waals surface area contributed by atoms with Crippen LogP contribution in [0.2, 0.25) is 5.02 Å². The minimum Gasteiger partial charge on any atom is -0.384 e. The third kappa shape index (κ3) is 2.34. The average molecular weight is 284 g/mol. The molecule has 0 atom stereocenters. The molecule has 20 heavy (non-hydrogen) atoms. The van der Waals surface area contributed by atoms with Crippen molar-refractivity contribution < 1.29 is 0 Å². The molecule has 1 heterocycles. The molecule has 1 aliphatic heterocycles. The van der Waals surface area contributed by atoms with E-state index in [1.165, 1.54) is 28.0 Å². The molecule has 0 radical (unpaired) electrons. The first kappa shape index (κ1) is 13.3. The van der Waals surface area contributed by atoms with Crippen LogP contribution in [-0.4, -0.2) is 6.54 Å². The zero-order chi connectivity index (χ0) is 14.1. The van der Waals surface area contributed by atoms with Crippen molar-refractivity contribution in [3.05, 3.63) is 64.2 Å². The van der Waals surface area contributed by atoms with Gasteiger partial charge >= 0.3 is 0 Å². The number of hydrogen-bond acceptors (Lipinski definition) is 1. The molecule has 2 aromatic rings. The summed E-state index contributed by atoms with van der Waals surface area (Å²) in [7, 11) is 0. The fourth-order valence-corrected chi connectivity index (χ4v) is 3.09. The highest BCUT2D eigenvalue weighted by Gasteiger charge is 2.16.